The summed E-state index contributed by atoms with van der Waals surface area (Å²) in [6.45, 7) is 2.61. The first-order chi connectivity index (χ1) is 11.6. The molecule has 2 aromatic rings. The zero-order valence-corrected chi connectivity index (χ0v) is 13.9. The van der Waals surface area contributed by atoms with E-state index < -0.39 is 0 Å². The van der Waals surface area contributed by atoms with Crippen molar-refractivity contribution in [2.75, 3.05) is 19.0 Å². The quantitative estimate of drug-likeness (QED) is 0.900. The van der Waals surface area contributed by atoms with Gasteiger partial charge in [0.15, 0.2) is 0 Å². The molecule has 4 nitrogen and oxygen atoms in total. The van der Waals surface area contributed by atoms with Gasteiger partial charge in [0, 0.05) is 6.54 Å². The maximum Gasteiger partial charge on any atom is 0.322 e. The van der Waals surface area contributed by atoms with Gasteiger partial charge in [0.25, 0.3) is 0 Å². The number of nitrogens with zero attached hydrogens (tertiary/aromatic N) is 1. The molecule has 1 aliphatic heterocycles. The summed E-state index contributed by atoms with van der Waals surface area (Å²) in [6, 6.07) is 11.8. The maximum absolute atomic E-state index is 13.5. The molecular formula is C19H21FN2O2. The summed E-state index contributed by atoms with van der Waals surface area (Å²) in [5.41, 5.74) is 2.51. The van der Waals surface area contributed by atoms with Gasteiger partial charge in [-0.2, -0.15) is 0 Å². The van der Waals surface area contributed by atoms with Crippen LogP contribution in [0.5, 0.6) is 5.75 Å². The molecule has 0 spiro atoms. The number of urea groups is 1. The molecule has 1 aliphatic rings. The summed E-state index contributed by atoms with van der Waals surface area (Å²) >= 11 is 0. The minimum Gasteiger partial charge on any atom is -0.495 e. The van der Waals surface area contributed by atoms with E-state index in [2.05, 4.69) is 5.32 Å². The minimum atomic E-state index is -0.278. The first-order valence-electron chi connectivity index (χ1n) is 8.06. The van der Waals surface area contributed by atoms with E-state index in [1.54, 1.807) is 18.1 Å². The van der Waals surface area contributed by atoms with Crippen LogP contribution in [0.4, 0.5) is 14.9 Å². The van der Waals surface area contributed by atoms with Gasteiger partial charge in [-0.1, -0.05) is 18.2 Å². The van der Waals surface area contributed by atoms with Crippen LogP contribution in [0.1, 0.15) is 30.0 Å². The molecule has 24 heavy (non-hydrogen) atoms. The van der Waals surface area contributed by atoms with Crippen molar-refractivity contribution in [2.45, 2.75) is 25.8 Å². The van der Waals surface area contributed by atoms with Crippen molar-refractivity contribution in [3.63, 3.8) is 0 Å². The number of rotatable bonds is 3. The largest absolute Gasteiger partial charge is 0.495 e. The molecule has 1 N–H and O–H groups in total. The predicted molar refractivity (Wildman–Crippen MR) is 91.8 cm³/mol. The number of halogens is 1. The maximum atomic E-state index is 13.5. The van der Waals surface area contributed by atoms with Gasteiger partial charge in [-0.25, -0.2) is 9.18 Å². The number of carbonyl (C=O) groups is 1. The second kappa shape index (κ2) is 6.91. The minimum absolute atomic E-state index is 0.100. The van der Waals surface area contributed by atoms with Gasteiger partial charge in [0.1, 0.15) is 11.6 Å². The summed E-state index contributed by atoms with van der Waals surface area (Å²) in [5.74, 6) is 0.343. The molecule has 126 valence electrons. The van der Waals surface area contributed by atoms with Crippen LogP contribution in [-0.4, -0.2) is 24.6 Å². The van der Waals surface area contributed by atoms with Crippen LogP contribution >= 0.6 is 0 Å². The molecule has 3 rings (SSSR count). The zero-order valence-electron chi connectivity index (χ0n) is 13.9. The highest BCUT2D eigenvalue weighted by Gasteiger charge is 2.30. The fourth-order valence-corrected chi connectivity index (χ4v) is 3.18. The molecule has 5 heteroatoms. The fourth-order valence-electron chi connectivity index (χ4n) is 3.18. The van der Waals surface area contributed by atoms with Gasteiger partial charge < -0.3 is 15.0 Å². The summed E-state index contributed by atoms with van der Waals surface area (Å²) in [7, 11) is 1.58. The lowest BCUT2D eigenvalue weighted by atomic mass is 10.0. The Hall–Kier alpha value is -2.56. The van der Waals surface area contributed by atoms with Crippen LogP contribution in [0.2, 0.25) is 0 Å². The number of nitrogens with one attached hydrogen (secondary N) is 1. The molecule has 2 aromatic carbocycles. The van der Waals surface area contributed by atoms with E-state index in [1.165, 1.54) is 12.1 Å². The standard InChI is InChI=1S/C19H21FN2O2/c1-13-8-9-18(24-2)16(11-13)21-19(23)22-10-4-7-17(22)14-5-3-6-15(20)12-14/h3,5-6,8-9,11-12,17H,4,7,10H2,1-2H3,(H,21,23). The molecule has 2 amide bonds. The molecule has 1 unspecified atom stereocenters. The number of aryl methyl sites for hydroxylation is 1. The molecule has 0 radical (unpaired) electrons. The van der Waals surface area contributed by atoms with E-state index in [1.807, 2.05) is 31.2 Å². The number of likely N-dealkylation sites (tertiary alicyclic amines) is 1. The predicted octanol–water partition coefficient (Wildman–Crippen LogP) is 4.51. The Kier molecular flexibility index (Phi) is 4.69. The smallest absolute Gasteiger partial charge is 0.322 e. The molecule has 0 aromatic heterocycles. The number of hydrogen-bond acceptors (Lipinski definition) is 2. The number of amides is 2. The van der Waals surface area contributed by atoms with Crippen LogP contribution in [0.15, 0.2) is 42.5 Å². The lowest BCUT2D eigenvalue weighted by molar-refractivity contribution is 0.207. The van der Waals surface area contributed by atoms with Crippen LogP contribution in [0, 0.1) is 12.7 Å². The SMILES string of the molecule is COc1ccc(C)cc1NC(=O)N1CCCC1c1cccc(F)c1. The highest BCUT2D eigenvalue weighted by Crippen LogP contribution is 2.33. The van der Waals surface area contributed by atoms with Gasteiger partial charge in [-0.15, -0.1) is 0 Å². The van der Waals surface area contributed by atoms with Crippen LogP contribution in [-0.2, 0) is 0 Å². The highest BCUT2D eigenvalue weighted by molar-refractivity contribution is 5.91. The van der Waals surface area contributed by atoms with Gasteiger partial charge in [-0.3, -0.25) is 0 Å². The first-order valence-corrected chi connectivity index (χ1v) is 8.06. The fraction of sp³-hybridized carbons (Fsp3) is 0.316. The monoisotopic (exact) mass is 328 g/mol. The van der Waals surface area contributed by atoms with E-state index >= 15 is 0 Å². The molecule has 1 atom stereocenters. The normalized spacial score (nSPS) is 17.0. The van der Waals surface area contributed by atoms with Crippen molar-refractivity contribution >= 4 is 11.7 Å². The number of carbonyl (C=O) groups excluding carboxylic acids is 1. The van der Waals surface area contributed by atoms with Gasteiger partial charge in [0.05, 0.1) is 18.8 Å². The Balaban J connectivity index is 1.80. The number of methoxy groups -OCH3 is 1. The zero-order chi connectivity index (χ0) is 17.1. The number of benzene rings is 2. The van der Waals surface area contributed by atoms with Crippen molar-refractivity contribution < 1.29 is 13.9 Å². The summed E-state index contributed by atoms with van der Waals surface area (Å²) in [5, 5.41) is 2.93. The molecule has 0 bridgehead atoms. The Morgan fingerprint density at radius 1 is 1.29 bits per heavy atom. The van der Waals surface area contributed by atoms with Gasteiger partial charge >= 0.3 is 6.03 Å². The summed E-state index contributed by atoms with van der Waals surface area (Å²) in [4.78, 5) is 14.5. The average molecular weight is 328 g/mol. The van der Waals surface area contributed by atoms with E-state index in [-0.39, 0.29) is 17.9 Å². The van der Waals surface area contributed by atoms with E-state index in [9.17, 15) is 9.18 Å². The van der Waals surface area contributed by atoms with Crippen LogP contribution in [0.25, 0.3) is 0 Å². The van der Waals surface area contributed by atoms with Gasteiger partial charge in [0.2, 0.25) is 0 Å². The molecular weight excluding hydrogens is 307 g/mol. The Morgan fingerprint density at radius 2 is 2.12 bits per heavy atom. The number of anilines is 1. The summed E-state index contributed by atoms with van der Waals surface area (Å²) < 4.78 is 18.8. The molecule has 0 aliphatic carbocycles. The van der Waals surface area contributed by atoms with E-state index in [0.29, 0.717) is 18.0 Å². The van der Waals surface area contributed by atoms with Crippen molar-refractivity contribution in [1.82, 2.24) is 4.90 Å². The second-order valence-corrected chi connectivity index (χ2v) is 6.04. The lowest BCUT2D eigenvalue weighted by Gasteiger charge is -2.26. The second-order valence-electron chi connectivity index (χ2n) is 6.04. The van der Waals surface area contributed by atoms with Crippen LogP contribution < -0.4 is 10.1 Å². The van der Waals surface area contributed by atoms with Crippen LogP contribution in [0.3, 0.4) is 0 Å². The van der Waals surface area contributed by atoms with Crippen molar-refractivity contribution in [3.05, 3.63) is 59.4 Å². The van der Waals surface area contributed by atoms with Gasteiger partial charge in [-0.05, 0) is 55.2 Å². The number of ether oxygens (including phenoxy) is 1. The van der Waals surface area contributed by atoms with E-state index in [4.69, 9.17) is 4.74 Å². The van der Waals surface area contributed by atoms with Crippen molar-refractivity contribution in [2.24, 2.45) is 0 Å². The molecule has 1 fully saturated rings. The first kappa shape index (κ1) is 16.3. The number of hydrogen-bond donors (Lipinski definition) is 1. The third kappa shape index (κ3) is 3.35. The highest BCUT2D eigenvalue weighted by atomic mass is 19.1. The molecule has 0 saturated carbocycles. The third-order valence-electron chi connectivity index (χ3n) is 4.34. The van der Waals surface area contributed by atoms with Crippen molar-refractivity contribution in [1.29, 1.82) is 0 Å². The Labute approximate surface area is 141 Å². The third-order valence-corrected chi connectivity index (χ3v) is 4.34. The Morgan fingerprint density at radius 3 is 2.88 bits per heavy atom. The van der Waals surface area contributed by atoms with E-state index in [0.717, 1.165) is 24.0 Å². The summed E-state index contributed by atoms with van der Waals surface area (Å²) in [6.07, 6.45) is 1.74. The Bertz CT molecular complexity index is 748. The average Bonchev–Trinajstić information content (AvgIpc) is 3.05. The van der Waals surface area contributed by atoms with Crippen molar-refractivity contribution in [3.8, 4) is 5.75 Å². The topological polar surface area (TPSA) is 41.6 Å². The lowest BCUT2D eigenvalue weighted by Crippen LogP contribution is -2.34. The molecule has 1 saturated heterocycles. The molecule has 1 heterocycles.